The van der Waals surface area contributed by atoms with E-state index in [9.17, 15) is 14.0 Å². The summed E-state index contributed by atoms with van der Waals surface area (Å²) < 4.78 is 16.7. The second kappa shape index (κ2) is 16.4. The molecule has 0 radical (unpaired) electrons. The summed E-state index contributed by atoms with van der Waals surface area (Å²) in [7, 11) is 0. The highest BCUT2D eigenvalue weighted by Crippen LogP contribution is 2.30. The monoisotopic (exact) mass is 786 g/mol. The highest BCUT2D eigenvalue weighted by atomic mass is 19.1. The molecule has 0 saturated heterocycles. The Balaban J connectivity index is 0.000000221. The fraction of sp³-hybridized carbons (Fsp3) is 0.378. The molecular formula is C45H55FN10O2. The number of tetrazole rings is 2. The summed E-state index contributed by atoms with van der Waals surface area (Å²) in [5, 5.41) is 30.4. The van der Waals surface area contributed by atoms with E-state index in [4.69, 9.17) is 0 Å². The molecular weight excluding hydrogens is 732 g/mol. The van der Waals surface area contributed by atoms with E-state index in [0.717, 1.165) is 33.8 Å². The molecule has 0 bridgehead atoms. The highest BCUT2D eigenvalue weighted by Gasteiger charge is 2.26. The van der Waals surface area contributed by atoms with Crippen molar-refractivity contribution in [3.05, 3.63) is 119 Å². The predicted molar refractivity (Wildman–Crippen MR) is 226 cm³/mol. The van der Waals surface area contributed by atoms with E-state index in [1.807, 2.05) is 86.6 Å². The topological polar surface area (TPSA) is 145 Å². The summed E-state index contributed by atoms with van der Waals surface area (Å²) in [6.45, 7) is 26.0. The molecule has 2 aromatic heterocycles. The molecule has 0 fully saturated rings. The first kappa shape index (κ1) is 43.0. The van der Waals surface area contributed by atoms with Crippen molar-refractivity contribution in [2.24, 2.45) is 0 Å². The van der Waals surface area contributed by atoms with Gasteiger partial charge in [-0.2, -0.15) is 9.36 Å². The molecule has 304 valence electrons. The lowest BCUT2D eigenvalue weighted by Gasteiger charge is -2.21. The van der Waals surface area contributed by atoms with Crippen LogP contribution < -0.4 is 10.6 Å². The maximum atomic E-state index is 13.4. The van der Waals surface area contributed by atoms with Gasteiger partial charge < -0.3 is 10.6 Å². The van der Waals surface area contributed by atoms with E-state index in [-0.39, 0.29) is 39.5 Å². The van der Waals surface area contributed by atoms with E-state index in [0.29, 0.717) is 22.6 Å². The maximum Gasteiger partial charge on any atom is 0.251 e. The number of nitrogens with zero attached hydrogens (tertiary/aromatic N) is 8. The molecule has 0 atom stereocenters. The van der Waals surface area contributed by atoms with Gasteiger partial charge in [0.15, 0.2) is 11.6 Å². The van der Waals surface area contributed by atoms with Crippen LogP contribution in [-0.4, -0.2) is 63.3 Å². The number of benzene rings is 4. The lowest BCUT2D eigenvalue weighted by Crippen LogP contribution is -2.40. The van der Waals surface area contributed by atoms with Crippen LogP contribution in [0.25, 0.3) is 33.6 Å². The third kappa shape index (κ3) is 11.0. The average Bonchev–Trinajstić information content (AvgIpc) is 3.83. The SMILES string of the molecule is CC(C)(C)NC(=O)c1cc(-c2ccc(F)cc2)cc(-n2nnnc2C(C)(C)C)c1.Cc1ccc(-c2cc(C(=O)NC(C)(C)C)cc(-n3nnnc3C(C)(C)C)c2)cc1. The largest absolute Gasteiger partial charge is 0.347 e. The number of carbonyl (C=O) groups excluding carboxylic acids is 2. The lowest BCUT2D eigenvalue weighted by atomic mass is 9.95. The number of aromatic nitrogens is 8. The fourth-order valence-electron chi connectivity index (χ4n) is 5.93. The number of hydrogen-bond acceptors (Lipinski definition) is 8. The van der Waals surface area contributed by atoms with Crippen LogP contribution in [0.5, 0.6) is 0 Å². The van der Waals surface area contributed by atoms with Gasteiger partial charge in [0.1, 0.15) is 5.82 Å². The van der Waals surface area contributed by atoms with Crippen molar-refractivity contribution in [3.63, 3.8) is 0 Å². The van der Waals surface area contributed by atoms with Crippen LogP contribution >= 0.6 is 0 Å². The second-order valence-electron chi connectivity index (χ2n) is 18.6. The normalized spacial score (nSPS) is 12.1. The minimum atomic E-state index is -0.380. The van der Waals surface area contributed by atoms with Crippen LogP contribution in [0.4, 0.5) is 4.39 Å². The Hall–Kier alpha value is -6.11. The number of aryl methyl sites for hydroxylation is 1. The molecule has 0 aliphatic heterocycles. The van der Waals surface area contributed by atoms with Crippen LogP contribution in [0.3, 0.4) is 0 Å². The Labute approximate surface area is 340 Å². The summed E-state index contributed by atoms with van der Waals surface area (Å²) in [6.07, 6.45) is 0. The first-order valence-corrected chi connectivity index (χ1v) is 19.2. The Morgan fingerprint density at radius 2 is 0.879 bits per heavy atom. The van der Waals surface area contributed by atoms with Gasteiger partial charge in [0.2, 0.25) is 0 Å². The van der Waals surface area contributed by atoms with E-state index in [2.05, 4.69) is 93.6 Å². The quantitative estimate of drug-likeness (QED) is 0.171. The first-order valence-electron chi connectivity index (χ1n) is 19.2. The van der Waals surface area contributed by atoms with Gasteiger partial charge in [-0.3, -0.25) is 9.59 Å². The maximum absolute atomic E-state index is 13.4. The molecule has 0 aliphatic carbocycles. The second-order valence-corrected chi connectivity index (χ2v) is 18.6. The first-order chi connectivity index (χ1) is 26.9. The van der Waals surface area contributed by atoms with Gasteiger partial charge in [-0.05, 0) is 140 Å². The smallest absolute Gasteiger partial charge is 0.251 e. The molecule has 13 heteroatoms. The van der Waals surface area contributed by atoms with E-state index >= 15 is 0 Å². The fourth-order valence-corrected chi connectivity index (χ4v) is 5.93. The molecule has 0 unspecified atom stereocenters. The molecule has 2 amide bonds. The number of hydrogen-bond donors (Lipinski definition) is 2. The molecule has 6 aromatic rings. The van der Waals surface area contributed by atoms with Crippen molar-refractivity contribution in [2.75, 3.05) is 0 Å². The van der Waals surface area contributed by atoms with Crippen LogP contribution in [0.15, 0.2) is 84.9 Å². The van der Waals surface area contributed by atoms with E-state index in [1.54, 1.807) is 33.6 Å². The number of carbonyl (C=O) groups is 2. The minimum Gasteiger partial charge on any atom is -0.347 e. The number of halogens is 1. The Morgan fingerprint density at radius 1 is 0.517 bits per heavy atom. The summed E-state index contributed by atoms with van der Waals surface area (Å²) >= 11 is 0. The van der Waals surface area contributed by atoms with Gasteiger partial charge in [-0.15, -0.1) is 10.2 Å². The zero-order valence-electron chi connectivity index (χ0n) is 35.9. The zero-order chi connectivity index (χ0) is 42.8. The van der Waals surface area contributed by atoms with Gasteiger partial charge in [-0.1, -0.05) is 83.5 Å². The van der Waals surface area contributed by atoms with Crippen molar-refractivity contribution < 1.29 is 14.0 Å². The van der Waals surface area contributed by atoms with Crippen LogP contribution in [0, 0.1) is 12.7 Å². The summed E-state index contributed by atoms with van der Waals surface area (Å²) in [4.78, 5) is 25.8. The molecule has 4 aromatic carbocycles. The molecule has 2 heterocycles. The van der Waals surface area contributed by atoms with Crippen LogP contribution in [-0.2, 0) is 10.8 Å². The molecule has 6 rings (SSSR count). The van der Waals surface area contributed by atoms with E-state index in [1.165, 1.54) is 17.7 Å². The standard InChI is InChI=1S/C23H29N5O.C22H26FN5O/c1-15-8-10-16(11-9-15)17-12-18(20(29)24-23(5,6)7)14-19(13-17)28-21(22(2,3)4)25-26-27-28;1-21(2,3)20-25-26-27-28(20)18-12-15(14-7-9-17(23)10-8-14)11-16(13-18)19(29)24-22(4,5)6/h8-14H,1-7H3,(H,24,29);7-13H,1-6H3,(H,24,29). The van der Waals surface area contributed by atoms with Crippen molar-refractivity contribution in [1.29, 1.82) is 0 Å². The van der Waals surface area contributed by atoms with Gasteiger partial charge in [0.05, 0.1) is 11.4 Å². The summed E-state index contributed by atoms with van der Waals surface area (Å²) in [5.41, 5.74) is 5.97. The van der Waals surface area contributed by atoms with Gasteiger partial charge in [0.25, 0.3) is 11.8 Å². The third-order valence-corrected chi connectivity index (χ3v) is 8.67. The summed E-state index contributed by atoms with van der Waals surface area (Å²) in [6, 6.07) is 25.6. The highest BCUT2D eigenvalue weighted by molar-refractivity contribution is 5.97. The number of amides is 2. The molecule has 0 saturated carbocycles. The lowest BCUT2D eigenvalue weighted by molar-refractivity contribution is 0.0910. The van der Waals surface area contributed by atoms with Crippen molar-refractivity contribution in [2.45, 2.75) is 112 Å². The van der Waals surface area contributed by atoms with Gasteiger partial charge in [-0.25, -0.2) is 4.39 Å². The molecule has 2 N–H and O–H groups in total. The van der Waals surface area contributed by atoms with Crippen molar-refractivity contribution >= 4 is 11.8 Å². The number of rotatable bonds is 6. The molecule has 12 nitrogen and oxygen atoms in total. The van der Waals surface area contributed by atoms with Crippen LogP contribution in [0.1, 0.15) is 121 Å². The van der Waals surface area contributed by atoms with Gasteiger partial charge >= 0.3 is 0 Å². The van der Waals surface area contributed by atoms with Crippen LogP contribution in [0.2, 0.25) is 0 Å². The molecule has 58 heavy (non-hydrogen) atoms. The average molecular weight is 787 g/mol. The minimum absolute atomic E-state index is 0.127. The zero-order valence-corrected chi connectivity index (χ0v) is 35.9. The number of nitrogens with one attached hydrogen (secondary N) is 2. The Morgan fingerprint density at radius 3 is 1.22 bits per heavy atom. The summed E-state index contributed by atoms with van der Waals surface area (Å²) in [5.74, 6) is 0.772. The Kier molecular flexibility index (Phi) is 12.2. The predicted octanol–water partition coefficient (Wildman–Crippen LogP) is 8.76. The van der Waals surface area contributed by atoms with Crippen molar-refractivity contribution in [3.8, 4) is 33.6 Å². The molecule has 0 spiro atoms. The molecule has 0 aliphatic rings. The Bertz CT molecular complexity index is 2220. The van der Waals surface area contributed by atoms with E-state index < -0.39 is 0 Å². The van der Waals surface area contributed by atoms with Crippen molar-refractivity contribution in [1.82, 2.24) is 51.0 Å². The third-order valence-electron chi connectivity index (χ3n) is 8.67. The van der Waals surface area contributed by atoms with Gasteiger partial charge in [0, 0.05) is 33.0 Å².